The van der Waals surface area contributed by atoms with Crippen molar-refractivity contribution < 1.29 is 4.79 Å². The van der Waals surface area contributed by atoms with Gasteiger partial charge in [-0.2, -0.15) is 0 Å². The molecule has 0 aromatic carbocycles. The van der Waals surface area contributed by atoms with E-state index in [9.17, 15) is 14.4 Å². The Morgan fingerprint density at radius 2 is 1.97 bits per heavy atom. The van der Waals surface area contributed by atoms with Crippen LogP contribution in [0.3, 0.4) is 0 Å². The van der Waals surface area contributed by atoms with Crippen molar-refractivity contribution >= 4 is 16.9 Å². The van der Waals surface area contributed by atoms with Gasteiger partial charge < -0.3 is 5.32 Å². The number of H-pyrrole nitrogens is 1. The van der Waals surface area contributed by atoms with Crippen molar-refractivity contribution in [2.45, 2.75) is 77.8 Å². The van der Waals surface area contributed by atoms with Crippen LogP contribution in [0.1, 0.15) is 81.3 Å². The number of nitrogens with zero attached hydrogens (tertiary/aromatic N) is 2. The molecule has 0 saturated heterocycles. The molecule has 1 amide bonds. The van der Waals surface area contributed by atoms with Gasteiger partial charge >= 0.3 is 5.69 Å². The molecular formula is C22H30N4O3. The minimum Gasteiger partial charge on any atom is -0.349 e. The van der Waals surface area contributed by atoms with Crippen LogP contribution in [0.4, 0.5) is 0 Å². The number of aromatic nitrogens is 3. The van der Waals surface area contributed by atoms with E-state index in [4.69, 9.17) is 0 Å². The van der Waals surface area contributed by atoms with Crippen LogP contribution >= 0.6 is 0 Å². The van der Waals surface area contributed by atoms with Crippen molar-refractivity contribution in [3.8, 4) is 0 Å². The molecule has 0 spiro atoms. The van der Waals surface area contributed by atoms with E-state index < -0.39 is 11.2 Å². The minimum absolute atomic E-state index is 0.115. The number of nitrogens with one attached hydrogen (secondary N) is 2. The van der Waals surface area contributed by atoms with Crippen molar-refractivity contribution in [1.82, 2.24) is 19.9 Å². The van der Waals surface area contributed by atoms with Crippen LogP contribution < -0.4 is 16.6 Å². The molecule has 2 unspecified atom stereocenters. The first-order valence-electron chi connectivity index (χ1n) is 10.8. The summed E-state index contributed by atoms with van der Waals surface area (Å²) < 4.78 is 1.51. The molecule has 2 atom stereocenters. The second-order valence-electron chi connectivity index (χ2n) is 9.17. The van der Waals surface area contributed by atoms with Gasteiger partial charge in [0.05, 0.1) is 10.9 Å². The molecule has 29 heavy (non-hydrogen) atoms. The molecular weight excluding hydrogens is 368 g/mol. The fourth-order valence-electron chi connectivity index (χ4n) is 4.37. The predicted octanol–water partition coefficient (Wildman–Crippen LogP) is 2.93. The average Bonchev–Trinajstić information content (AvgIpc) is 3.51. The second kappa shape index (κ2) is 7.76. The summed E-state index contributed by atoms with van der Waals surface area (Å²) in [7, 11) is 0. The van der Waals surface area contributed by atoms with E-state index in [1.807, 2.05) is 13.8 Å². The fraction of sp³-hybridized carbons (Fsp3) is 0.636. The maximum atomic E-state index is 13.3. The summed E-state index contributed by atoms with van der Waals surface area (Å²) >= 11 is 0. The number of hydrogen-bond donors (Lipinski definition) is 2. The molecule has 2 aromatic rings. The van der Waals surface area contributed by atoms with E-state index in [0.717, 1.165) is 37.8 Å². The van der Waals surface area contributed by atoms with Gasteiger partial charge in [-0.05, 0) is 43.6 Å². The van der Waals surface area contributed by atoms with E-state index in [2.05, 4.69) is 22.2 Å². The summed E-state index contributed by atoms with van der Waals surface area (Å²) in [6.45, 7) is 6.61. The lowest BCUT2D eigenvalue weighted by Crippen LogP contribution is -2.42. The Morgan fingerprint density at radius 3 is 2.62 bits per heavy atom. The Balaban J connectivity index is 1.85. The third-order valence-corrected chi connectivity index (χ3v) is 6.18. The van der Waals surface area contributed by atoms with Crippen molar-refractivity contribution in [3.63, 3.8) is 0 Å². The highest BCUT2D eigenvalue weighted by atomic mass is 16.2. The van der Waals surface area contributed by atoms with E-state index in [1.54, 1.807) is 6.07 Å². The topological polar surface area (TPSA) is 96.9 Å². The highest BCUT2D eigenvalue weighted by Crippen LogP contribution is 2.40. The molecule has 2 aromatic heterocycles. The third kappa shape index (κ3) is 4.00. The lowest BCUT2D eigenvalue weighted by molar-refractivity contribution is 0.0911. The monoisotopic (exact) mass is 398 g/mol. The van der Waals surface area contributed by atoms with Gasteiger partial charge in [-0.1, -0.05) is 33.6 Å². The van der Waals surface area contributed by atoms with Crippen LogP contribution in [-0.4, -0.2) is 26.5 Å². The van der Waals surface area contributed by atoms with E-state index in [0.29, 0.717) is 29.6 Å². The molecule has 2 fully saturated rings. The number of fused-ring (bicyclic) bond motifs is 1. The van der Waals surface area contributed by atoms with E-state index >= 15 is 0 Å². The molecule has 2 N–H and O–H groups in total. The molecule has 0 radical (unpaired) electrons. The zero-order valence-electron chi connectivity index (χ0n) is 17.5. The lowest BCUT2D eigenvalue weighted by Gasteiger charge is -2.29. The summed E-state index contributed by atoms with van der Waals surface area (Å²) in [4.78, 5) is 45.6. The summed E-state index contributed by atoms with van der Waals surface area (Å²) in [6.07, 6.45) is 6.41. The number of aromatic amines is 1. The number of amides is 1. The Kier molecular flexibility index (Phi) is 5.32. The summed E-state index contributed by atoms with van der Waals surface area (Å²) in [5.41, 5.74) is 0.472. The third-order valence-electron chi connectivity index (χ3n) is 6.18. The number of rotatable bonds is 5. The molecule has 2 aliphatic carbocycles. The molecule has 2 saturated carbocycles. The smallest absolute Gasteiger partial charge is 0.330 e. The highest BCUT2D eigenvalue weighted by molar-refractivity contribution is 6.05. The van der Waals surface area contributed by atoms with Crippen LogP contribution in [0.25, 0.3) is 11.0 Å². The standard InChI is InChI=1S/C22H30N4O3/c1-12(2)11-26-19-18(21(28)25-22(26)29)15(10-17(23-19)14-8-9-14)20(27)24-16-7-5-4-6-13(16)3/h10,12-14,16H,4-9,11H2,1-3H3,(H,24,27)(H,25,28,29). The van der Waals surface area contributed by atoms with Gasteiger partial charge in [0, 0.05) is 24.2 Å². The van der Waals surface area contributed by atoms with E-state index in [1.165, 1.54) is 11.0 Å². The van der Waals surface area contributed by atoms with Crippen LogP contribution in [0.15, 0.2) is 15.7 Å². The number of carbonyl (C=O) groups excluding carboxylic acids is 1. The summed E-state index contributed by atoms with van der Waals surface area (Å²) in [5, 5.41) is 3.38. The quantitative estimate of drug-likeness (QED) is 0.809. The number of hydrogen-bond acceptors (Lipinski definition) is 4. The lowest BCUT2D eigenvalue weighted by atomic mass is 9.86. The molecule has 2 heterocycles. The fourth-order valence-corrected chi connectivity index (χ4v) is 4.37. The summed E-state index contributed by atoms with van der Waals surface area (Å²) in [6, 6.07) is 1.88. The normalized spacial score (nSPS) is 22.2. The zero-order chi connectivity index (χ0) is 20.7. The maximum Gasteiger partial charge on any atom is 0.330 e. The predicted molar refractivity (Wildman–Crippen MR) is 112 cm³/mol. The zero-order valence-corrected chi connectivity index (χ0v) is 17.5. The van der Waals surface area contributed by atoms with Crippen molar-refractivity contribution in [3.05, 3.63) is 38.2 Å². The Morgan fingerprint density at radius 1 is 1.24 bits per heavy atom. The van der Waals surface area contributed by atoms with Gasteiger partial charge in [-0.25, -0.2) is 9.78 Å². The number of carbonyl (C=O) groups is 1. The van der Waals surface area contributed by atoms with Crippen LogP contribution in [0.2, 0.25) is 0 Å². The van der Waals surface area contributed by atoms with E-state index in [-0.39, 0.29) is 23.3 Å². The first-order chi connectivity index (χ1) is 13.8. The second-order valence-corrected chi connectivity index (χ2v) is 9.17. The molecule has 2 aliphatic rings. The first kappa shape index (κ1) is 19.9. The van der Waals surface area contributed by atoms with Gasteiger partial charge in [-0.15, -0.1) is 0 Å². The molecule has 0 bridgehead atoms. The SMILES string of the molecule is CC(C)Cn1c(=O)[nH]c(=O)c2c(C(=O)NC3CCCCC3C)cc(C3CC3)nc21. The number of pyridine rings is 1. The molecule has 7 nitrogen and oxygen atoms in total. The Hall–Kier alpha value is -2.44. The van der Waals surface area contributed by atoms with Gasteiger partial charge in [0.1, 0.15) is 0 Å². The summed E-state index contributed by atoms with van der Waals surface area (Å²) in [5.74, 6) is 0.689. The average molecular weight is 399 g/mol. The van der Waals surface area contributed by atoms with Crippen molar-refractivity contribution in [1.29, 1.82) is 0 Å². The molecule has 156 valence electrons. The maximum absolute atomic E-state index is 13.3. The van der Waals surface area contributed by atoms with Crippen LogP contribution in [0, 0.1) is 11.8 Å². The van der Waals surface area contributed by atoms with Crippen LogP contribution in [-0.2, 0) is 6.54 Å². The first-order valence-corrected chi connectivity index (χ1v) is 10.8. The van der Waals surface area contributed by atoms with Crippen molar-refractivity contribution in [2.75, 3.05) is 0 Å². The van der Waals surface area contributed by atoms with Gasteiger partial charge in [0.2, 0.25) is 0 Å². The van der Waals surface area contributed by atoms with Gasteiger partial charge in [-0.3, -0.25) is 19.1 Å². The largest absolute Gasteiger partial charge is 0.349 e. The minimum atomic E-state index is -0.540. The van der Waals surface area contributed by atoms with Gasteiger partial charge in [0.15, 0.2) is 5.65 Å². The molecule has 0 aliphatic heterocycles. The Bertz CT molecular complexity index is 1050. The van der Waals surface area contributed by atoms with Crippen LogP contribution in [0.5, 0.6) is 0 Å². The van der Waals surface area contributed by atoms with Crippen molar-refractivity contribution in [2.24, 2.45) is 11.8 Å². The molecule has 4 rings (SSSR count). The van der Waals surface area contributed by atoms with Gasteiger partial charge in [0.25, 0.3) is 11.5 Å². The highest BCUT2D eigenvalue weighted by Gasteiger charge is 2.30. The molecule has 7 heteroatoms. The Labute approximate surface area is 169 Å².